The minimum absolute atomic E-state index is 0.304. The Kier molecular flexibility index (Phi) is 1.80. The molecule has 1 atom stereocenters. The molecule has 0 amide bonds. The smallest absolute Gasteiger partial charge is 0.263 e. The summed E-state index contributed by atoms with van der Waals surface area (Å²) in [6.07, 6.45) is 1.58. The van der Waals surface area contributed by atoms with E-state index in [2.05, 4.69) is 0 Å². The van der Waals surface area contributed by atoms with Crippen LogP contribution in [0.15, 0.2) is 11.5 Å². The van der Waals surface area contributed by atoms with Gasteiger partial charge in [-0.15, -0.1) is 0 Å². The second kappa shape index (κ2) is 2.41. The van der Waals surface area contributed by atoms with Crippen LogP contribution in [0.1, 0.15) is 0 Å². The van der Waals surface area contributed by atoms with Crippen LogP contribution < -0.4 is 0 Å². The molecule has 0 N–H and O–H groups in total. The maximum Gasteiger partial charge on any atom is 0.287 e. The quantitative estimate of drug-likeness (QED) is 0.322. The molecule has 0 aromatic rings. The molecule has 44 valence electrons. The minimum atomic E-state index is -0.514. The van der Waals surface area contributed by atoms with Gasteiger partial charge in [-0.3, -0.25) is 10.1 Å². The lowest BCUT2D eigenvalue weighted by molar-refractivity contribution is -0.482. The molecule has 1 aliphatic heterocycles. The third kappa shape index (κ3) is 1.16. The fourth-order valence-electron chi connectivity index (χ4n) is 0.326. The second-order valence-corrected chi connectivity index (χ2v) is 3.49. The van der Waals surface area contributed by atoms with E-state index in [4.69, 9.17) is 0 Å². The number of hydrogen-bond donors (Lipinski definition) is 0. The Morgan fingerprint density at radius 1 is 1.75 bits per heavy atom. The van der Waals surface area contributed by atoms with Crippen molar-refractivity contribution >= 4 is 21.6 Å². The maximum atomic E-state index is 9.92. The highest BCUT2D eigenvalue weighted by Crippen LogP contribution is 2.35. The van der Waals surface area contributed by atoms with Crippen LogP contribution in [0.5, 0.6) is 0 Å². The van der Waals surface area contributed by atoms with Gasteiger partial charge in [0.25, 0.3) is 5.37 Å². The summed E-state index contributed by atoms with van der Waals surface area (Å²) in [5, 5.41) is 11.1. The first-order valence-electron chi connectivity index (χ1n) is 1.93. The SMILES string of the molecule is O=[N+]([O-])C1C=CSS1. The van der Waals surface area contributed by atoms with Gasteiger partial charge in [0.2, 0.25) is 0 Å². The monoisotopic (exact) mass is 149 g/mol. The molecule has 0 fully saturated rings. The van der Waals surface area contributed by atoms with Crippen molar-refractivity contribution in [2.24, 2.45) is 0 Å². The van der Waals surface area contributed by atoms with Crippen molar-refractivity contribution in [2.45, 2.75) is 5.37 Å². The second-order valence-electron chi connectivity index (χ2n) is 1.20. The van der Waals surface area contributed by atoms with Crippen molar-refractivity contribution < 1.29 is 4.92 Å². The summed E-state index contributed by atoms with van der Waals surface area (Å²) in [7, 11) is 2.66. The number of nitro groups is 1. The van der Waals surface area contributed by atoms with Gasteiger partial charge in [0.1, 0.15) is 0 Å². The van der Waals surface area contributed by atoms with E-state index in [1.165, 1.54) is 21.6 Å². The highest BCUT2D eigenvalue weighted by molar-refractivity contribution is 8.78. The van der Waals surface area contributed by atoms with Gasteiger partial charge >= 0.3 is 0 Å². The van der Waals surface area contributed by atoms with Crippen LogP contribution in [-0.2, 0) is 0 Å². The molecule has 0 spiro atoms. The summed E-state index contributed by atoms with van der Waals surface area (Å²) in [5.41, 5.74) is 0. The lowest BCUT2D eigenvalue weighted by Gasteiger charge is -1.92. The fourth-order valence-corrected chi connectivity index (χ4v) is 2.16. The third-order valence-electron chi connectivity index (χ3n) is 0.661. The van der Waals surface area contributed by atoms with E-state index in [1.807, 2.05) is 0 Å². The number of hydrogen-bond acceptors (Lipinski definition) is 4. The summed E-state index contributed by atoms with van der Waals surface area (Å²) in [6, 6.07) is 0. The normalized spacial score (nSPS) is 26.2. The van der Waals surface area contributed by atoms with Crippen LogP contribution in [-0.4, -0.2) is 10.3 Å². The first-order valence-corrected chi connectivity index (χ1v) is 4.20. The van der Waals surface area contributed by atoms with E-state index in [9.17, 15) is 10.1 Å². The van der Waals surface area contributed by atoms with Crippen molar-refractivity contribution in [2.75, 3.05) is 0 Å². The van der Waals surface area contributed by atoms with Gasteiger partial charge in [-0.2, -0.15) is 0 Å². The molecular weight excluding hydrogens is 146 g/mol. The van der Waals surface area contributed by atoms with E-state index in [-0.39, 0.29) is 4.92 Å². The van der Waals surface area contributed by atoms with Crippen LogP contribution in [0.3, 0.4) is 0 Å². The topological polar surface area (TPSA) is 43.1 Å². The van der Waals surface area contributed by atoms with Gasteiger partial charge in [0, 0.05) is 11.0 Å². The highest BCUT2D eigenvalue weighted by Gasteiger charge is 2.20. The standard InChI is InChI=1S/C3H3NO2S2/c5-4(6)3-1-2-7-8-3/h1-3H. The Hall–Kier alpha value is -0.160. The Bertz CT molecular complexity index is 135. The average molecular weight is 149 g/mol. The van der Waals surface area contributed by atoms with Gasteiger partial charge in [0.15, 0.2) is 0 Å². The van der Waals surface area contributed by atoms with E-state index >= 15 is 0 Å². The molecule has 0 saturated heterocycles. The summed E-state index contributed by atoms with van der Waals surface area (Å²) >= 11 is 0. The fraction of sp³-hybridized carbons (Fsp3) is 0.333. The van der Waals surface area contributed by atoms with Crippen LogP contribution in [0.2, 0.25) is 0 Å². The van der Waals surface area contributed by atoms with Gasteiger partial charge in [-0.1, -0.05) is 10.8 Å². The van der Waals surface area contributed by atoms with Crippen LogP contribution in [0.25, 0.3) is 0 Å². The molecular formula is C3H3NO2S2. The molecule has 1 unspecified atom stereocenters. The molecule has 1 heterocycles. The summed E-state index contributed by atoms with van der Waals surface area (Å²) in [4.78, 5) is 9.62. The van der Waals surface area contributed by atoms with Crippen molar-refractivity contribution in [3.05, 3.63) is 21.6 Å². The Balaban J connectivity index is 2.48. The van der Waals surface area contributed by atoms with E-state index < -0.39 is 5.37 Å². The summed E-state index contributed by atoms with van der Waals surface area (Å²) < 4.78 is 0. The largest absolute Gasteiger partial charge is 0.287 e. The number of rotatable bonds is 1. The van der Waals surface area contributed by atoms with E-state index in [1.54, 1.807) is 11.5 Å². The third-order valence-corrected chi connectivity index (χ3v) is 2.82. The zero-order valence-corrected chi connectivity index (χ0v) is 5.45. The van der Waals surface area contributed by atoms with Gasteiger partial charge < -0.3 is 0 Å². The first kappa shape index (κ1) is 5.97. The van der Waals surface area contributed by atoms with Crippen molar-refractivity contribution in [3.8, 4) is 0 Å². The molecule has 0 bridgehead atoms. The van der Waals surface area contributed by atoms with Gasteiger partial charge in [-0.25, -0.2) is 0 Å². The first-order chi connectivity index (χ1) is 3.80. The number of nitrogens with zero attached hydrogens (tertiary/aromatic N) is 1. The molecule has 0 radical (unpaired) electrons. The van der Waals surface area contributed by atoms with Crippen LogP contribution in [0, 0.1) is 10.1 Å². The molecule has 0 aromatic carbocycles. The van der Waals surface area contributed by atoms with Crippen molar-refractivity contribution in [1.82, 2.24) is 0 Å². The lowest BCUT2D eigenvalue weighted by Crippen LogP contribution is -2.07. The molecule has 5 heteroatoms. The summed E-state index contributed by atoms with van der Waals surface area (Å²) in [6.45, 7) is 0. The van der Waals surface area contributed by atoms with Crippen LogP contribution >= 0.6 is 21.6 Å². The minimum Gasteiger partial charge on any atom is -0.263 e. The summed E-state index contributed by atoms with van der Waals surface area (Å²) in [5.74, 6) is 0. The van der Waals surface area contributed by atoms with E-state index in [0.29, 0.717) is 0 Å². The lowest BCUT2D eigenvalue weighted by atomic mass is 10.6. The molecule has 1 aliphatic rings. The van der Waals surface area contributed by atoms with Gasteiger partial charge in [-0.05, 0) is 16.2 Å². The molecule has 0 aromatic heterocycles. The van der Waals surface area contributed by atoms with E-state index in [0.717, 1.165) is 0 Å². The average Bonchev–Trinajstić information content (AvgIpc) is 2.12. The molecule has 1 rings (SSSR count). The Labute approximate surface area is 54.1 Å². The molecule has 0 aliphatic carbocycles. The molecule has 3 nitrogen and oxygen atoms in total. The zero-order chi connectivity index (χ0) is 5.98. The van der Waals surface area contributed by atoms with Gasteiger partial charge in [0.05, 0.1) is 0 Å². The Morgan fingerprint density at radius 2 is 2.50 bits per heavy atom. The Morgan fingerprint density at radius 3 is 2.75 bits per heavy atom. The van der Waals surface area contributed by atoms with Crippen molar-refractivity contribution in [3.63, 3.8) is 0 Å². The molecule has 0 saturated carbocycles. The predicted molar refractivity (Wildman–Crippen MR) is 35.1 cm³/mol. The van der Waals surface area contributed by atoms with Crippen molar-refractivity contribution in [1.29, 1.82) is 0 Å². The zero-order valence-electron chi connectivity index (χ0n) is 3.81. The highest BCUT2D eigenvalue weighted by atomic mass is 33.1. The maximum absolute atomic E-state index is 9.92. The predicted octanol–water partition coefficient (Wildman–Crippen LogP) is 1.50. The molecule has 8 heavy (non-hydrogen) atoms. The van der Waals surface area contributed by atoms with Crippen LogP contribution in [0.4, 0.5) is 0 Å².